The van der Waals surface area contributed by atoms with Gasteiger partial charge >= 0.3 is 5.97 Å². The summed E-state index contributed by atoms with van der Waals surface area (Å²) < 4.78 is 7.14. The highest BCUT2D eigenvalue weighted by Crippen LogP contribution is 2.39. The van der Waals surface area contributed by atoms with Gasteiger partial charge < -0.3 is 14.8 Å². The Kier molecular flexibility index (Phi) is 7.30. The van der Waals surface area contributed by atoms with Gasteiger partial charge in [0.15, 0.2) is 0 Å². The van der Waals surface area contributed by atoms with Crippen molar-refractivity contribution in [3.05, 3.63) is 114 Å². The zero-order chi connectivity index (χ0) is 26.8. The lowest BCUT2D eigenvalue weighted by atomic mass is 9.96. The van der Waals surface area contributed by atoms with Crippen molar-refractivity contribution in [1.82, 2.24) is 10.3 Å². The van der Waals surface area contributed by atoms with E-state index in [1.165, 1.54) is 10.4 Å². The Balaban J connectivity index is 1.49. The number of aromatic carboxylic acids is 1. The van der Waals surface area contributed by atoms with Crippen LogP contribution in [0, 0.1) is 0 Å². The molecule has 0 bridgehead atoms. The number of pyridine rings is 1. The first-order valence-electron chi connectivity index (χ1n) is 13.1. The van der Waals surface area contributed by atoms with Gasteiger partial charge in [0.05, 0.1) is 5.69 Å². The predicted molar refractivity (Wildman–Crippen MR) is 154 cm³/mol. The van der Waals surface area contributed by atoms with Crippen LogP contribution >= 0.6 is 0 Å². The Morgan fingerprint density at radius 3 is 2.03 bits per heavy atom. The van der Waals surface area contributed by atoms with Crippen LogP contribution in [0.25, 0.3) is 11.3 Å². The van der Waals surface area contributed by atoms with Crippen LogP contribution in [-0.2, 0) is 11.0 Å². The molecule has 0 saturated carbocycles. The molecule has 1 aliphatic rings. The van der Waals surface area contributed by atoms with Gasteiger partial charge in [-0.1, -0.05) is 112 Å². The lowest BCUT2D eigenvalue weighted by Crippen LogP contribution is -2.66. The third-order valence-electron chi connectivity index (χ3n) is 7.44. The topological polar surface area (TPSA) is 71.5 Å². The maximum atomic E-state index is 11.8. The fourth-order valence-electron chi connectivity index (χ4n) is 5.74. The number of hydrogen-bond donors (Lipinski definition) is 2. The molecule has 4 aromatic rings. The van der Waals surface area contributed by atoms with Gasteiger partial charge in [-0.2, -0.15) is 0 Å². The third kappa shape index (κ3) is 4.83. The zero-order valence-corrected chi connectivity index (χ0v) is 23.1. The summed E-state index contributed by atoms with van der Waals surface area (Å²) in [6.45, 7) is 8.04. The van der Waals surface area contributed by atoms with Gasteiger partial charge in [-0.3, -0.25) is 0 Å². The number of carboxylic acid groups (broad SMARTS) is 1. The van der Waals surface area contributed by atoms with E-state index in [-0.39, 0.29) is 16.8 Å². The normalized spacial score (nSPS) is 15.3. The van der Waals surface area contributed by atoms with Gasteiger partial charge in [-0.25, -0.2) is 9.78 Å². The fourth-order valence-corrected chi connectivity index (χ4v) is 10.3. The van der Waals surface area contributed by atoms with Crippen LogP contribution in [0.4, 0.5) is 0 Å². The SMILES string of the molecule is CC(C)(C)[Si](OCCC1NCc2cc(C(=O)O)nc(-c3ccccc3)c21)(c1ccccc1)c1ccccc1. The van der Waals surface area contributed by atoms with Crippen LogP contribution in [0.5, 0.6) is 0 Å². The summed E-state index contributed by atoms with van der Waals surface area (Å²) in [5.74, 6) is -1.01. The lowest BCUT2D eigenvalue weighted by Gasteiger charge is -2.43. The summed E-state index contributed by atoms with van der Waals surface area (Å²) in [4.78, 5) is 16.4. The van der Waals surface area contributed by atoms with Crippen molar-refractivity contribution in [2.45, 2.75) is 44.8 Å². The highest BCUT2D eigenvalue weighted by Gasteiger charge is 2.50. The van der Waals surface area contributed by atoms with Crippen molar-refractivity contribution >= 4 is 24.7 Å². The molecule has 1 aromatic heterocycles. The number of hydrogen-bond acceptors (Lipinski definition) is 4. The van der Waals surface area contributed by atoms with Gasteiger partial charge in [0.2, 0.25) is 0 Å². The van der Waals surface area contributed by atoms with Gasteiger partial charge in [-0.15, -0.1) is 0 Å². The number of aromatic nitrogens is 1. The molecule has 5 rings (SSSR count). The highest BCUT2D eigenvalue weighted by atomic mass is 28.4. The van der Waals surface area contributed by atoms with Crippen molar-refractivity contribution in [3.8, 4) is 11.3 Å². The summed E-state index contributed by atoms with van der Waals surface area (Å²) in [5.41, 5.74) is 3.81. The Morgan fingerprint density at radius 1 is 0.947 bits per heavy atom. The minimum Gasteiger partial charge on any atom is -0.477 e. The first-order valence-corrected chi connectivity index (χ1v) is 15.0. The molecule has 1 atom stereocenters. The summed E-state index contributed by atoms with van der Waals surface area (Å²) >= 11 is 0. The molecule has 0 amide bonds. The van der Waals surface area contributed by atoms with Gasteiger partial charge in [0, 0.05) is 24.8 Å². The summed E-state index contributed by atoms with van der Waals surface area (Å²) in [6, 6.07) is 32.9. The Labute approximate surface area is 225 Å². The molecule has 1 aliphatic heterocycles. The summed E-state index contributed by atoms with van der Waals surface area (Å²) in [7, 11) is -2.64. The largest absolute Gasteiger partial charge is 0.477 e. The highest BCUT2D eigenvalue weighted by molar-refractivity contribution is 6.99. The standard InChI is InChI=1S/C32H34N2O3Si/c1-32(2,3)38(25-15-9-5-10-16-25,26-17-11-6-12-18-26)37-20-19-27-29-24(22-33-27)21-28(31(35)36)34-30(29)23-13-7-4-8-14-23/h4-18,21,27,33H,19-20,22H2,1-3H3,(H,35,36). The number of nitrogens with zero attached hydrogens (tertiary/aromatic N) is 1. The summed E-state index contributed by atoms with van der Waals surface area (Å²) in [6.07, 6.45) is 0.755. The molecule has 194 valence electrons. The second-order valence-corrected chi connectivity index (χ2v) is 15.1. The van der Waals surface area contributed by atoms with Crippen molar-refractivity contribution in [3.63, 3.8) is 0 Å². The Bertz CT molecular complexity index is 1360. The molecule has 2 N–H and O–H groups in total. The number of carboxylic acids is 1. The molecule has 6 heteroatoms. The Hall–Kier alpha value is -3.58. The quantitative estimate of drug-likeness (QED) is 0.297. The fraction of sp³-hybridized carbons (Fsp3) is 0.250. The lowest BCUT2D eigenvalue weighted by molar-refractivity contribution is 0.0690. The molecular weight excluding hydrogens is 488 g/mol. The van der Waals surface area contributed by atoms with Crippen LogP contribution in [0.3, 0.4) is 0 Å². The number of benzene rings is 3. The van der Waals surface area contributed by atoms with Crippen molar-refractivity contribution in [2.24, 2.45) is 0 Å². The second kappa shape index (κ2) is 10.7. The third-order valence-corrected chi connectivity index (χ3v) is 12.5. The number of nitrogens with one attached hydrogen (secondary N) is 1. The van der Waals surface area contributed by atoms with Crippen molar-refractivity contribution in [1.29, 1.82) is 0 Å². The molecule has 0 saturated heterocycles. The Morgan fingerprint density at radius 2 is 1.50 bits per heavy atom. The van der Waals surface area contributed by atoms with E-state index in [0.717, 1.165) is 28.8 Å². The minimum atomic E-state index is -2.64. The molecule has 0 fully saturated rings. The maximum absolute atomic E-state index is 11.8. The van der Waals surface area contributed by atoms with Crippen LogP contribution < -0.4 is 15.7 Å². The van der Waals surface area contributed by atoms with E-state index >= 15 is 0 Å². The van der Waals surface area contributed by atoms with E-state index in [2.05, 4.69) is 91.7 Å². The average Bonchev–Trinajstić information content (AvgIpc) is 3.34. The van der Waals surface area contributed by atoms with E-state index in [1.54, 1.807) is 6.07 Å². The van der Waals surface area contributed by atoms with Crippen LogP contribution in [-0.4, -0.2) is 31.0 Å². The monoisotopic (exact) mass is 522 g/mol. The predicted octanol–water partition coefficient (Wildman–Crippen LogP) is 5.56. The average molecular weight is 523 g/mol. The van der Waals surface area contributed by atoms with Crippen LogP contribution in [0.1, 0.15) is 54.8 Å². The number of carbonyl (C=O) groups is 1. The van der Waals surface area contributed by atoms with E-state index < -0.39 is 14.3 Å². The smallest absolute Gasteiger partial charge is 0.354 e. The van der Waals surface area contributed by atoms with Gasteiger partial charge in [0.1, 0.15) is 5.69 Å². The van der Waals surface area contributed by atoms with E-state index in [0.29, 0.717) is 13.2 Å². The number of fused-ring (bicyclic) bond motifs is 1. The minimum absolute atomic E-state index is 0.0220. The summed E-state index contributed by atoms with van der Waals surface area (Å²) in [5, 5.41) is 15.7. The zero-order valence-electron chi connectivity index (χ0n) is 22.1. The van der Waals surface area contributed by atoms with Gasteiger partial charge in [0.25, 0.3) is 8.32 Å². The van der Waals surface area contributed by atoms with E-state index in [4.69, 9.17) is 4.43 Å². The van der Waals surface area contributed by atoms with Crippen LogP contribution in [0.2, 0.25) is 5.04 Å². The molecule has 5 nitrogen and oxygen atoms in total. The molecule has 2 heterocycles. The van der Waals surface area contributed by atoms with E-state index in [9.17, 15) is 9.90 Å². The van der Waals surface area contributed by atoms with Crippen LogP contribution in [0.15, 0.2) is 97.1 Å². The first kappa shape index (κ1) is 26.0. The molecule has 3 aromatic carbocycles. The number of rotatable bonds is 8. The first-order chi connectivity index (χ1) is 18.3. The molecule has 1 unspecified atom stereocenters. The second-order valence-electron chi connectivity index (χ2n) is 10.8. The van der Waals surface area contributed by atoms with Gasteiger partial charge in [-0.05, 0) is 39.0 Å². The molecule has 0 radical (unpaired) electrons. The molecule has 0 aliphatic carbocycles. The van der Waals surface area contributed by atoms with E-state index in [1.807, 2.05) is 30.3 Å². The molecule has 38 heavy (non-hydrogen) atoms. The molecular formula is C32H34N2O3Si. The van der Waals surface area contributed by atoms with Crippen molar-refractivity contribution < 1.29 is 14.3 Å². The van der Waals surface area contributed by atoms with Crippen molar-refractivity contribution in [2.75, 3.05) is 6.61 Å². The maximum Gasteiger partial charge on any atom is 0.354 e. The molecule has 0 spiro atoms.